The lowest BCUT2D eigenvalue weighted by Gasteiger charge is -2.01. The van der Waals surface area contributed by atoms with Crippen molar-refractivity contribution < 1.29 is 4.79 Å². The lowest BCUT2D eigenvalue weighted by atomic mass is 10.2. The van der Waals surface area contributed by atoms with Gasteiger partial charge in [-0.25, -0.2) is 0 Å². The van der Waals surface area contributed by atoms with Gasteiger partial charge in [0.05, 0.1) is 11.3 Å². The number of hydrogen-bond acceptors (Lipinski definition) is 2. The Balaban J connectivity index is 1.99. The molecule has 0 bridgehead atoms. The van der Waals surface area contributed by atoms with E-state index in [1.54, 1.807) is 4.68 Å². The fourth-order valence-corrected chi connectivity index (χ4v) is 1.56. The van der Waals surface area contributed by atoms with Crippen LogP contribution in [0.25, 0.3) is 0 Å². The summed E-state index contributed by atoms with van der Waals surface area (Å²) in [6, 6.07) is 0. The lowest BCUT2D eigenvalue weighted by Crippen LogP contribution is -2.25. The van der Waals surface area contributed by atoms with Crippen LogP contribution in [0.4, 0.5) is 0 Å². The van der Waals surface area contributed by atoms with Crippen molar-refractivity contribution in [2.45, 2.75) is 33.2 Å². The fourth-order valence-electron chi connectivity index (χ4n) is 1.56. The summed E-state index contributed by atoms with van der Waals surface area (Å²) in [7, 11) is 0. The molecule has 82 valence electrons. The largest absolute Gasteiger partial charge is 0.352 e. The van der Waals surface area contributed by atoms with Crippen molar-refractivity contribution in [2.75, 3.05) is 6.54 Å². The first-order valence-electron chi connectivity index (χ1n) is 5.53. The highest BCUT2D eigenvalue weighted by Crippen LogP contribution is 2.27. The van der Waals surface area contributed by atoms with Gasteiger partial charge >= 0.3 is 0 Å². The number of aromatic nitrogens is 2. The molecule has 1 heterocycles. The number of nitrogens with zero attached hydrogens (tertiary/aromatic N) is 2. The van der Waals surface area contributed by atoms with Crippen molar-refractivity contribution in [2.24, 2.45) is 5.92 Å². The Kier molecular flexibility index (Phi) is 2.75. The van der Waals surface area contributed by atoms with E-state index >= 15 is 0 Å². The molecule has 1 fully saturated rings. The second-order valence-electron chi connectivity index (χ2n) is 4.14. The first kappa shape index (κ1) is 10.2. The van der Waals surface area contributed by atoms with Crippen LogP contribution in [0.2, 0.25) is 0 Å². The summed E-state index contributed by atoms with van der Waals surface area (Å²) in [6.07, 6.45) is 4.33. The van der Waals surface area contributed by atoms with E-state index < -0.39 is 0 Å². The number of rotatable bonds is 4. The van der Waals surface area contributed by atoms with Crippen molar-refractivity contribution in [3.05, 3.63) is 17.5 Å². The smallest absolute Gasteiger partial charge is 0.254 e. The molecule has 0 aliphatic heterocycles. The highest BCUT2D eigenvalue weighted by molar-refractivity contribution is 5.95. The number of aryl methyl sites for hydroxylation is 2. The maximum Gasteiger partial charge on any atom is 0.254 e. The minimum atomic E-state index is 0.0131. The van der Waals surface area contributed by atoms with Crippen LogP contribution in [0.15, 0.2) is 6.20 Å². The van der Waals surface area contributed by atoms with Crippen molar-refractivity contribution >= 4 is 5.91 Å². The third-order valence-corrected chi connectivity index (χ3v) is 2.76. The van der Waals surface area contributed by atoms with Gasteiger partial charge in [0.1, 0.15) is 0 Å². The van der Waals surface area contributed by atoms with Gasteiger partial charge in [0.15, 0.2) is 0 Å². The van der Waals surface area contributed by atoms with Crippen LogP contribution in [-0.2, 0) is 6.54 Å². The van der Waals surface area contributed by atoms with Gasteiger partial charge in [0.25, 0.3) is 5.91 Å². The van der Waals surface area contributed by atoms with Crippen LogP contribution in [0.1, 0.15) is 35.8 Å². The van der Waals surface area contributed by atoms with Crippen LogP contribution < -0.4 is 5.32 Å². The summed E-state index contributed by atoms with van der Waals surface area (Å²) in [5.74, 6) is 0.731. The standard InChI is InChI=1S/C11H17N3O/c1-3-14-7-10(8(2)13-14)11(15)12-6-9-4-5-9/h7,9H,3-6H2,1-2H3,(H,12,15). The van der Waals surface area contributed by atoms with Crippen LogP contribution in [0.5, 0.6) is 0 Å². The first-order chi connectivity index (χ1) is 7.20. The van der Waals surface area contributed by atoms with Gasteiger partial charge in [-0.1, -0.05) is 0 Å². The highest BCUT2D eigenvalue weighted by atomic mass is 16.1. The van der Waals surface area contributed by atoms with Gasteiger partial charge in [0, 0.05) is 19.3 Å². The Morgan fingerprint density at radius 2 is 2.40 bits per heavy atom. The Labute approximate surface area is 89.7 Å². The van der Waals surface area contributed by atoms with E-state index in [0.717, 1.165) is 24.7 Å². The Bertz CT molecular complexity index is 366. The molecule has 1 amide bonds. The second kappa shape index (κ2) is 4.04. The molecule has 1 aromatic rings. The maximum absolute atomic E-state index is 11.8. The van der Waals surface area contributed by atoms with Gasteiger partial charge in [-0.2, -0.15) is 5.10 Å². The number of hydrogen-bond donors (Lipinski definition) is 1. The van der Waals surface area contributed by atoms with E-state index in [2.05, 4.69) is 10.4 Å². The molecule has 4 nitrogen and oxygen atoms in total. The number of nitrogens with one attached hydrogen (secondary N) is 1. The summed E-state index contributed by atoms with van der Waals surface area (Å²) in [5.41, 5.74) is 1.52. The van der Waals surface area contributed by atoms with E-state index in [4.69, 9.17) is 0 Å². The first-order valence-corrected chi connectivity index (χ1v) is 5.53. The molecule has 1 saturated carbocycles. The van der Waals surface area contributed by atoms with Crippen LogP contribution in [-0.4, -0.2) is 22.2 Å². The Hall–Kier alpha value is -1.32. The van der Waals surface area contributed by atoms with Crippen LogP contribution in [0.3, 0.4) is 0 Å². The van der Waals surface area contributed by atoms with Crippen molar-refractivity contribution in [3.63, 3.8) is 0 Å². The molecule has 15 heavy (non-hydrogen) atoms. The van der Waals surface area contributed by atoms with Gasteiger partial charge < -0.3 is 5.32 Å². The Morgan fingerprint density at radius 3 is 2.93 bits per heavy atom. The van der Waals surface area contributed by atoms with Crippen molar-refractivity contribution in [1.29, 1.82) is 0 Å². The summed E-state index contributed by atoms with van der Waals surface area (Å²) >= 11 is 0. The molecule has 2 rings (SSSR count). The minimum absolute atomic E-state index is 0.0131. The summed E-state index contributed by atoms with van der Waals surface area (Å²) in [5, 5.41) is 7.20. The third-order valence-electron chi connectivity index (χ3n) is 2.76. The highest BCUT2D eigenvalue weighted by Gasteiger charge is 2.22. The van der Waals surface area contributed by atoms with E-state index in [1.807, 2.05) is 20.0 Å². The van der Waals surface area contributed by atoms with Crippen LogP contribution >= 0.6 is 0 Å². The SMILES string of the molecule is CCn1cc(C(=O)NCC2CC2)c(C)n1. The average molecular weight is 207 g/mol. The molecular formula is C11H17N3O. The maximum atomic E-state index is 11.8. The van der Waals surface area contributed by atoms with Crippen molar-refractivity contribution in [3.8, 4) is 0 Å². The third kappa shape index (κ3) is 2.37. The molecule has 0 unspecified atom stereocenters. The topological polar surface area (TPSA) is 46.9 Å². The lowest BCUT2D eigenvalue weighted by molar-refractivity contribution is 0.0951. The quantitative estimate of drug-likeness (QED) is 0.810. The van der Waals surface area contributed by atoms with E-state index in [1.165, 1.54) is 12.8 Å². The van der Waals surface area contributed by atoms with Gasteiger partial charge in [-0.3, -0.25) is 9.48 Å². The molecule has 4 heteroatoms. The molecule has 0 atom stereocenters. The molecule has 1 aliphatic carbocycles. The summed E-state index contributed by atoms with van der Waals surface area (Å²) in [6.45, 7) is 5.50. The molecule has 1 aromatic heterocycles. The molecule has 0 aromatic carbocycles. The van der Waals surface area contributed by atoms with Gasteiger partial charge in [-0.15, -0.1) is 0 Å². The van der Waals surface area contributed by atoms with Crippen LogP contribution in [0, 0.1) is 12.8 Å². The molecule has 1 aliphatic rings. The molecule has 0 saturated heterocycles. The molecule has 0 radical (unpaired) electrons. The average Bonchev–Trinajstić information content (AvgIpc) is 2.97. The molecule has 1 N–H and O–H groups in total. The van der Waals surface area contributed by atoms with E-state index in [9.17, 15) is 4.79 Å². The Morgan fingerprint density at radius 1 is 1.67 bits per heavy atom. The summed E-state index contributed by atoms with van der Waals surface area (Å²) < 4.78 is 1.79. The van der Waals surface area contributed by atoms with Crippen molar-refractivity contribution in [1.82, 2.24) is 15.1 Å². The predicted molar refractivity (Wildman–Crippen MR) is 57.7 cm³/mol. The number of carbonyl (C=O) groups excluding carboxylic acids is 1. The zero-order valence-corrected chi connectivity index (χ0v) is 9.29. The second-order valence-corrected chi connectivity index (χ2v) is 4.14. The number of amides is 1. The molecule has 0 spiro atoms. The fraction of sp³-hybridized carbons (Fsp3) is 0.636. The van der Waals surface area contributed by atoms with Gasteiger partial charge in [0.2, 0.25) is 0 Å². The zero-order valence-electron chi connectivity index (χ0n) is 9.29. The predicted octanol–water partition coefficient (Wildman–Crippen LogP) is 1.35. The van der Waals surface area contributed by atoms with E-state index in [0.29, 0.717) is 5.56 Å². The monoisotopic (exact) mass is 207 g/mol. The van der Waals surface area contributed by atoms with Gasteiger partial charge in [-0.05, 0) is 32.6 Å². The minimum Gasteiger partial charge on any atom is -0.352 e. The van der Waals surface area contributed by atoms with E-state index in [-0.39, 0.29) is 5.91 Å². The summed E-state index contributed by atoms with van der Waals surface area (Å²) in [4.78, 5) is 11.8. The normalized spacial score (nSPS) is 15.3. The molecular weight excluding hydrogens is 190 g/mol. The zero-order chi connectivity index (χ0) is 10.8. The number of carbonyl (C=O) groups is 1.